The molecule has 1 aliphatic carbocycles. The number of imidazole rings is 1. The number of carbonyl (C=O) groups excluding carboxylic acids is 2. The van der Waals surface area contributed by atoms with E-state index < -0.39 is 0 Å². The molecule has 0 radical (unpaired) electrons. The van der Waals surface area contributed by atoms with E-state index in [2.05, 4.69) is 10.3 Å². The smallest absolute Gasteiger partial charge is 0.271 e. The zero-order chi connectivity index (χ0) is 16.9. The van der Waals surface area contributed by atoms with E-state index in [4.69, 9.17) is 11.6 Å². The zero-order valence-electron chi connectivity index (χ0n) is 13.5. The van der Waals surface area contributed by atoms with Gasteiger partial charge in [0, 0.05) is 38.4 Å². The molecule has 1 aliphatic heterocycles. The van der Waals surface area contributed by atoms with Crippen molar-refractivity contribution in [2.75, 3.05) is 13.1 Å². The first kappa shape index (κ1) is 15.4. The molecular weight excluding hydrogens is 328 g/mol. The molecule has 7 heteroatoms. The number of pyridine rings is 1. The summed E-state index contributed by atoms with van der Waals surface area (Å²) in [4.78, 5) is 30.1. The van der Waals surface area contributed by atoms with E-state index in [0.29, 0.717) is 16.4 Å². The summed E-state index contributed by atoms with van der Waals surface area (Å²) in [6.45, 7) is 3.18. The molecule has 1 unspecified atom stereocenters. The Morgan fingerprint density at radius 3 is 2.75 bits per heavy atom. The number of hydrogen-bond acceptors (Lipinski definition) is 3. The number of hydrogen-bond donors (Lipinski definition) is 1. The first-order valence-electron chi connectivity index (χ1n) is 8.17. The van der Waals surface area contributed by atoms with E-state index in [9.17, 15) is 9.59 Å². The maximum Gasteiger partial charge on any atom is 0.271 e. The maximum absolute atomic E-state index is 12.5. The van der Waals surface area contributed by atoms with Gasteiger partial charge in [-0.25, -0.2) is 4.98 Å². The van der Waals surface area contributed by atoms with Gasteiger partial charge < -0.3 is 14.6 Å². The number of rotatable bonds is 2. The van der Waals surface area contributed by atoms with Crippen LogP contribution in [0.3, 0.4) is 0 Å². The number of nitrogens with zero attached hydrogens (tertiary/aromatic N) is 3. The highest BCUT2D eigenvalue weighted by molar-refractivity contribution is 6.30. The molecule has 4 rings (SSSR count). The van der Waals surface area contributed by atoms with Crippen LogP contribution in [-0.2, 0) is 4.79 Å². The lowest BCUT2D eigenvalue weighted by Gasteiger charge is -2.32. The molecule has 0 aromatic carbocycles. The summed E-state index contributed by atoms with van der Waals surface area (Å²) < 4.78 is 1.76. The summed E-state index contributed by atoms with van der Waals surface area (Å²) in [5.41, 5.74) is 1.27. The van der Waals surface area contributed by atoms with Crippen LogP contribution in [-0.4, -0.2) is 45.2 Å². The van der Waals surface area contributed by atoms with Crippen LogP contribution in [0.4, 0.5) is 0 Å². The molecule has 2 amide bonds. The summed E-state index contributed by atoms with van der Waals surface area (Å²) in [6.07, 6.45) is 6.33. The van der Waals surface area contributed by atoms with Gasteiger partial charge in [-0.15, -0.1) is 0 Å². The fourth-order valence-electron chi connectivity index (χ4n) is 3.68. The van der Waals surface area contributed by atoms with E-state index in [0.717, 1.165) is 32.4 Å². The van der Waals surface area contributed by atoms with Crippen molar-refractivity contribution >= 4 is 29.1 Å². The molecule has 2 aliphatic rings. The number of carbonyl (C=O) groups is 2. The van der Waals surface area contributed by atoms with Gasteiger partial charge >= 0.3 is 0 Å². The second-order valence-electron chi connectivity index (χ2n) is 6.84. The predicted octanol–water partition coefficient (Wildman–Crippen LogP) is 2.12. The number of aromatic nitrogens is 2. The largest absolute Gasteiger partial charge is 0.347 e. The lowest BCUT2D eigenvalue weighted by Crippen LogP contribution is -2.40. The number of piperidine rings is 1. The van der Waals surface area contributed by atoms with Crippen LogP contribution in [0.2, 0.25) is 5.02 Å². The molecule has 0 bridgehead atoms. The van der Waals surface area contributed by atoms with Crippen molar-refractivity contribution in [3.63, 3.8) is 0 Å². The van der Waals surface area contributed by atoms with Gasteiger partial charge in [-0.05, 0) is 36.8 Å². The van der Waals surface area contributed by atoms with Crippen molar-refractivity contribution in [2.24, 2.45) is 5.41 Å². The highest BCUT2D eigenvalue weighted by Gasteiger charge is 2.55. The molecule has 6 nitrogen and oxygen atoms in total. The highest BCUT2D eigenvalue weighted by Crippen LogP contribution is 2.53. The van der Waals surface area contributed by atoms with E-state index in [-0.39, 0.29) is 23.3 Å². The minimum atomic E-state index is -0.148. The maximum atomic E-state index is 12.5. The second kappa shape index (κ2) is 5.48. The molecule has 24 heavy (non-hydrogen) atoms. The van der Waals surface area contributed by atoms with E-state index in [1.807, 2.05) is 4.90 Å². The number of fused-ring (bicyclic) bond motifs is 1. The Hall–Kier alpha value is -2.08. The van der Waals surface area contributed by atoms with Crippen LogP contribution >= 0.6 is 11.6 Å². The summed E-state index contributed by atoms with van der Waals surface area (Å²) in [6, 6.07) is 3.73. The molecule has 1 saturated carbocycles. The minimum absolute atomic E-state index is 0.134. The van der Waals surface area contributed by atoms with Gasteiger partial charge in [-0.1, -0.05) is 11.6 Å². The number of likely N-dealkylation sites (tertiary alicyclic amines) is 1. The van der Waals surface area contributed by atoms with Crippen molar-refractivity contribution < 1.29 is 9.59 Å². The van der Waals surface area contributed by atoms with Crippen LogP contribution in [0, 0.1) is 5.41 Å². The average molecular weight is 347 g/mol. The number of amides is 2. The average Bonchev–Trinajstić information content (AvgIpc) is 3.02. The minimum Gasteiger partial charge on any atom is -0.347 e. The van der Waals surface area contributed by atoms with E-state index in [1.54, 1.807) is 35.9 Å². The monoisotopic (exact) mass is 346 g/mol. The SMILES string of the molecule is CC(=O)N1CCC2(CC1)CC2NC(=O)c1cn2cc(Cl)ccc2n1. The molecule has 1 atom stereocenters. The molecule has 1 saturated heterocycles. The van der Waals surface area contributed by atoms with Crippen molar-refractivity contribution in [1.29, 1.82) is 0 Å². The molecule has 2 aromatic rings. The summed E-state index contributed by atoms with van der Waals surface area (Å²) in [7, 11) is 0. The van der Waals surface area contributed by atoms with Crippen LogP contribution in [0.15, 0.2) is 24.5 Å². The third-order valence-electron chi connectivity index (χ3n) is 5.35. The predicted molar refractivity (Wildman–Crippen MR) is 90.0 cm³/mol. The second-order valence-corrected chi connectivity index (χ2v) is 7.27. The molecule has 3 heterocycles. The summed E-state index contributed by atoms with van der Waals surface area (Å²) >= 11 is 5.96. The van der Waals surface area contributed by atoms with Crippen LogP contribution < -0.4 is 5.32 Å². The topological polar surface area (TPSA) is 66.7 Å². The van der Waals surface area contributed by atoms with Gasteiger partial charge in [0.2, 0.25) is 5.91 Å². The Balaban J connectivity index is 1.41. The van der Waals surface area contributed by atoms with Gasteiger partial charge in [0.1, 0.15) is 11.3 Å². The Kier molecular flexibility index (Phi) is 3.53. The molecule has 2 fully saturated rings. The molecule has 1 N–H and O–H groups in total. The molecule has 126 valence electrons. The van der Waals surface area contributed by atoms with Crippen molar-refractivity contribution in [1.82, 2.24) is 19.6 Å². The Labute approximate surface area is 144 Å². The van der Waals surface area contributed by atoms with Crippen LogP contribution in [0.5, 0.6) is 0 Å². The Morgan fingerprint density at radius 1 is 1.29 bits per heavy atom. The van der Waals surface area contributed by atoms with Gasteiger partial charge in [0.05, 0.1) is 5.02 Å². The van der Waals surface area contributed by atoms with Crippen molar-refractivity contribution in [3.05, 3.63) is 35.2 Å². The number of halogens is 1. The lowest BCUT2D eigenvalue weighted by molar-refractivity contribution is -0.130. The van der Waals surface area contributed by atoms with Crippen molar-refractivity contribution in [3.8, 4) is 0 Å². The normalized spacial score (nSPS) is 21.9. The third kappa shape index (κ3) is 2.65. The molecule has 2 aromatic heterocycles. The van der Waals surface area contributed by atoms with Gasteiger partial charge in [0.25, 0.3) is 5.91 Å². The third-order valence-corrected chi connectivity index (χ3v) is 5.57. The first-order chi connectivity index (χ1) is 11.5. The van der Waals surface area contributed by atoms with Crippen LogP contribution in [0.1, 0.15) is 36.7 Å². The number of nitrogens with one attached hydrogen (secondary N) is 1. The van der Waals surface area contributed by atoms with Gasteiger partial charge in [-0.3, -0.25) is 9.59 Å². The quantitative estimate of drug-likeness (QED) is 0.905. The zero-order valence-corrected chi connectivity index (χ0v) is 14.2. The summed E-state index contributed by atoms with van der Waals surface area (Å²) in [5, 5.41) is 3.70. The Bertz CT molecular complexity index is 823. The van der Waals surface area contributed by atoms with Crippen molar-refractivity contribution in [2.45, 2.75) is 32.2 Å². The lowest BCUT2D eigenvalue weighted by atomic mass is 9.92. The van der Waals surface area contributed by atoms with Gasteiger partial charge in [0.15, 0.2) is 0 Å². The first-order valence-corrected chi connectivity index (χ1v) is 8.55. The van der Waals surface area contributed by atoms with Crippen LogP contribution in [0.25, 0.3) is 5.65 Å². The van der Waals surface area contributed by atoms with Gasteiger partial charge in [-0.2, -0.15) is 0 Å². The summed E-state index contributed by atoms with van der Waals surface area (Å²) in [5.74, 6) is -0.0138. The molecular formula is C17H19ClN4O2. The standard InChI is InChI=1S/C17H19ClN4O2/c1-11(23)21-6-4-17(5-7-21)8-14(17)20-16(24)13-10-22-9-12(18)2-3-15(22)19-13/h2-3,9-10,14H,4-8H2,1H3,(H,20,24). The molecule has 1 spiro atoms. The highest BCUT2D eigenvalue weighted by atomic mass is 35.5. The Morgan fingerprint density at radius 2 is 2.04 bits per heavy atom. The van der Waals surface area contributed by atoms with E-state index in [1.165, 1.54) is 0 Å². The fourth-order valence-corrected chi connectivity index (χ4v) is 3.85. The van der Waals surface area contributed by atoms with E-state index >= 15 is 0 Å². The fraction of sp³-hybridized carbons (Fsp3) is 0.471.